The van der Waals surface area contributed by atoms with Crippen LogP contribution in [-0.4, -0.2) is 44.0 Å². The summed E-state index contributed by atoms with van der Waals surface area (Å²) in [6.07, 6.45) is 3.10. The van der Waals surface area contributed by atoms with Crippen molar-refractivity contribution >= 4 is 29.2 Å². The Morgan fingerprint density at radius 1 is 1.19 bits per heavy atom. The fourth-order valence-corrected chi connectivity index (χ4v) is 3.13. The van der Waals surface area contributed by atoms with Gasteiger partial charge < -0.3 is 19.7 Å². The lowest BCUT2D eigenvalue weighted by atomic mass is 10.1. The predicted octanol–water partition coefficient (Wildman–Crippen LogP) is 2.94. The molecule has 0 spiro atoms. The van der Waals surface area contributed by atoms with Gasteiger partial charge in [0, 0.05) is 23.1 Å². The number of nitrogens with one attached hydrogen (secondary N) is 1. The minimum Gasteiger partial charge on any atom is -0.493 e. The molecule has 0 radical (unpaired) electrons. The lowest BCUT2D eigenvalue weighted by Crippen LogP contribution is -2.39. The van der Waals surface area contributed by atoms with E-state index in [4.69, 9.17) is 9.47 Å². The summed E-state index contributed by atoms with van der Waals surface area (Å²) in [4.78, 5) is 27.1. The number of amides is 2. The van der Waals surface area contributed by atoms with Gasteiger partial charge in [0.1, 0.15) is 0 Å². The summed E-state index contributed by atoms with van der Waals surface area (Å²) in [5.74, 6) is 0.716. The van der Waals surface area contributed by atoms with E-state index >= 15 is 0 Å². The molecule has 27 heavy (non-hydrogen) atoms. The molecule has 6 nitrogen and oxygen atoms in total. The Balaban J connectivity index is 1.98. The second kappa shape index (κ2) is 10.4. The first-order valence-electron chi connectivity index (χ1n) is 8.56. The van der Waals surface area contributed by atoms with Gasteiger partial charge in [-0.05, 0) is 30.5 Å². The van der Waals surface area contributed by atoms with Crippen molar-refractivity contribution in [3.8, 4) is 11.5 Å². The third-order valence-electron chi connectivity index (χ3n) is 3.91. The fourth-order valence-electron chi connectivity index (χ4n) is 2.48. The summed E-state index contributed by atoms with van der Waals surface area (Å²) in [6.45, 7) is 2.76. The van der Waals surface area contributed by atoms with Gasteiger partial charge in [-0.1, -0.05) is 18.2 Å². The molecule has 0 fully saturated rings. The Kier molecular flexibility index (Phi) is 7.88. The van der Waals surface area contributed by atoms with Crippen molar-refractivity contribution in [2.45, 2.75) is 13.5 Å². The number of hydrogen-bond acceptors (Lipinski definition) is 5. The maximum Gasteiger partial charge on any atom is 0.247 e. The number of nitrogens with zero attached hydrogens (tertiary/aromatic N) is 1. The van der Waals surface area contributed by atoms with Crippen molar-refractivity contribution in [3.63, 3.8) is 0 Å². The van der Waals surface area contributed by atoms with Gasteiger partial charge in [-0.3, -0.25) is 9.59 Å². The molecule has 7 heteroatoms. The van der Waals surface area contributed by atoms with Crippen LogP contribution in [0.25, 0.3) is 6.08 Å². The molecule has 144 valence electrons. The molecule has 0 aliphatic rings. The average Bonchev–Trinajstić information content (AvgIpc) is 3.21. The van der Waals surface area contributed by atoms with E-state index in [0.717, 1.165) is 10.4 Å². The van der Waals surface area contributed by atoms with Crippen LogP contribution in [0.5, 0.6) is 11.5 Å². The van der Waals surface area contributed by atoms with E-state index in [-0.39, 0.29) is 18.4 Å². The second-order valence-electron chi connectivity index (χ2n) is 5.62. The van der Waals surface area contributed by atoms with Crippen LogP contribution in [0.1, 0.15) is 17.4 Å². The zero-order valence-electron chi connectivity index (χ0n) is 15.7. The molecule has 0 saturated heterocycles. The third kappa shape index (κ3) is 5.86. The molecule has 1 aromatic carbocycles. The van der Waals surface area contributed by atoms with Crippen LogP contribution in [0.3, 0.4) is 0 Å². The van der Waals surface area contributed by atoms with E-state index in [1.54, 1.807) is 37.7 Å². The van der Waals surface area contributed by atoms with E-state index in [1.165, 1.54) is 11.0 Å². The minimum absolute atomic E-state index is 0.0142. The highest BCUT2D eigenvalue weighted by molar-refractivity contribution is 7.09. The fraction of sp³-hybridized carbons (Fsp3) is 0.300. The number of benzene rings is 1. The largest absolute Gasteiger partial charge is 0.493 e. The molecule has 1 aromatic heterocycles. The Morgan fingerprint density at radius 3 is 2.63 bits per heavy atom. The molecule has 1 heterocycles. The highest BCUT2D eigenvalue weighted by Crippen LogP contribution is 2.31. The molecule has 2 amide bonds. The number of carbonyl (C=O) groups excluding carboxylic acids is 2. The van der Waals surface area contributed by atoms with Crippen LogP contribution in [0.4, 0.5) is 0 Å². The Morgan fingerprint density at radius 2 is 2.00 bits per heavy atom. The quantitative estimate of drug-likeness (QED) is 0.671. The highest BCUT2D eigenvalue weighted by atomic mass is 32.1. The molecule has 1 N–H and O–H groups in total. The Labute approximate surface area is 163 Å². The van der Waals surface area contributed by atoms with Crippen molar-refractivity contribution in [3.05, 3.63) is 52.2 Å². The number of likely N-dealkylation sites (N-methyl/N-ethyl adjacent to an activating group) is 1. The van der Waals surface area contributed by atoms with Gasteiger partial charge in [0.25, 0.3) is 0 Å². The SMILES string of the molecule is CCN(CC(=O)NCc1cccs1)C(=O)/C=C/c1cccc(OC)c1OC. The van der Waals surface area contributed by atoms with Gasteiger partial charge in [-0.15, -0.1) is 11.3 Å². The highest BCUT2D eigenvalue weighted by Gasteiger charge is 2.14. The van der Waals surface area contributed by atoms with Gasteiger partial charge in [0.2, 0.25) is 11.8 Å². The van der Waals surface area contributed by atoms with Gasteiger partial charge in [0.05, 0.1) is 27.3 Å². The van der Waals surface area contributed by atoms with E-state index in [9.17, 15) is 9.59 Å². The summed E-state index contributed by atoms with van der Waals surface area (Å²) >= 11 is 1.58. The van der Waals surface area contributed by atoms with Crippen molar-refractivity contribution < 1.29 is 19.1 Å². The van der Waals surface area contributed by atoms with E-state index in [0.29, 0.717) is 24.6 Å². The van der Waals surface area contributed by atoms with Crippen molar-refractivity contribution in [1.82, 2.24) is 10.2 Å². The lowest BCUT2D eigenvalue weighted by Gasteiger charge is -2.18. The van der Waals surface area contributed by atoms with Crippen molar-refractivity contribution in [2.24, 2.45) is 0 Å². The summed E-state index contributed by atoms with van der Waals surface area (Å²) in [5, 5.41) is 4.79. The van der Waals surface area contributed by atoms with Gasteiger partial charge in [-0.25, -0.2) is 0 Å². The lowest BCUT2D eigenvalue weighted by molar-refractivity contribution is -0.132. The predicted molar refractivity (Wildman–Crippen MR) is 107 cm³/mol. The smallest absolute Gasteiger partial charge is 0.247 e. The van der Waals surface area contributed by atoms with Crippen molar-refractivity contribution in [2.75, 3.05) is 27.3 Å². The topological polar surface area (TPSA) is 67.9 Å². The Hall–Kier alpha value is -2.80. The standard InChI is InChI=1S/C20H24N2O4S/c1-4-22(14-18(23)21-13-16-8-6-12-27-16)19(24)11-10-15-7-5-9-17(25-2)20(15)26-3/h5-12H,4,13-14H2,1-3H3,(H,21,23)/b11-10+. The van der Waals surface area contributed by atoms with Crippen LogP contribution in [0.2, 0.25) is 0 Å². The molecule has 0 unspecified atom stereocenters. The number of ether oxygens (including phenoxy) is 2. The molecule has 0 aliphatic heterocycles. The number of thiophene rings is 1. The first-order valence-corrected chi connectivity index (χ1v) is 9.44. The number of methoxy groups -OCH3 is 2. The second-order valence-corrected chi connectivity index (χ2v) is 6.66. The zero-order chi connectivity index (χ0) is 19.6. The maximum absolute atomic E-state index is 12.5. The van der Waals surface area contributed by atoms with E-state index in [2.05, 4.69) is 5.32 Å². The van der Waals surface area contributed by atoms with Gasteiger partial charge in [-0.2, -0.15) is 0 Å². The monoisotopic (exact) mass is 388 g/mol. The molecular weight excluding hydrogens is 364 g/mol. The summed E-state index contributed by atoms with van der Waals surface area (Å²) in [7, 11) is 3.11. The zero-order valence-corrected chi connectivity index (χ0v) is 16.5. The molecular formula is C20H24N2O4S. The molecule has 2 aromatic rings. The third-order valence-corrected chi connectivity index (χ3v) is 4.78. The van der Waals surface area contributed by atoms with Crippen LogP contribution in [0.15, 0.2) is 41.8 Å². The number of hydrogen-bond donors (Lipinski definition) is 1. The summed E-state index contributed by atoms with van der Waals surface area (Å²) < 4.78 is 10.6. The molecule has 0 atom stereocenters. The van der Waals surface area contributed by atoms with E-state index < -0.39 is 0 Å². The van der Waals surface area contributed by atoms with Crippen molar-refractivity contribution in [1.29, 1.82) is 0 Å². The van der Waals surface area contributed by atoms with Crippen LogP contribution in [-0.2, 0) is 16.1 Å². The summed E-state index contributed by atoms with van der Waals surface area (Å²) in [5.41, 5.74) is 0.725. The molecule has 0 bridgehead atoms. The van der Waals surface area contributed by atoms with Crippen LogP contribution < -0.4 is 14.8 Å². The first kappa shape index (κ1) is 20.5. The average molecular weight is 388 g/mol. The van der Waals surface area contributed by atoms with E-state index in [1.807, 2.05) is 36.6 Å². The molecule has 0 aliphatic carbocycles. The number of para-hydroxylation sites is 1. The molecule has 2 rings (SSSR count). The van der Waals surface area contributed by atoms with Crippen LogP contribution >= 0.6 is 11.3 Å². The normalized spacial score (nSPS) is 10.6. The Bertz CT molecular complexity index is 787. The molecule has 0 saturated carbocycles. The number of carbonyl (C=O) groups is 2. The summed E-state index contributed by atoms with van der Waals surface area (Å²) in [6, 6.07) is 9.33. The number of rotatable bonds is 9. The van der Waals surface area contributed by atoms with Crippen LogP contribution in [0, 0.1) is 0 Å². The minimum atomic E-state index is -0.242. The maximum atomic E-state index is 12.5. The first-order chi connectivity index (χ1) is 13.1. The van der Waals surface area contributed by atoms with Gasteiger partial charge in [0.15, 0.2) is 11.5 Å². The van der Waals surface area contributed by atoms with Gasteiger partial charge >= 0.3 is 0 Å².